The third-order valence-electron chi connectivity index (χ3n) is 2.32. The molecule has 0 saturated carbocycles. The maximum absolute atomic E-state index is 12.0. The molecule has 1 atom stereocenters. The zero-order valence-electron chi connectivity index (χ0n) is 7.57. The molecule has 1 aromatic rings. The molecule has 1 aromatic heterocycles. The summed E-state index contributed by atoms with van der Waals surface area (Å²) in [6.45, 7) is 1.50. The summed E-state index contributed by atoms with van der Waals surface area (Å²) in [5, 5.41) is 1.95. The van der Waals surface area contributed by atoms with Crippen LogP contribution in [0.25, 0.3) is 0 Å². The number of carbonyl (C=O) groups excluding carboxylic acids is 1. The summed E-state index contributed by atoms with van der Waals surface area (Å²) in [6, 6.07) is 2.13. The summed E-state index contributed by atoms with van der Waals surface area (Å²) in [5.74, 6) is 0.136. The van der Waals surface area contributed by atoms with Crippen molar-refractivity contribution in [3.05, 3.63) is 19.9 Å². The highest BCUT2D eigenvalue weighted by Crippen LogP contribution is 2.22. The van der Waals surface area contributed by atoms with Crippen molar-refractivity contribution >= 4 is 39.8 Å². The summed E-state index contributed by atoms with van der Waals surface area (Å²) in [5.41, 5.74) is 5.76. The number of nitrogens with zero attached hydrogens (tertiary/aromatic N) is 1. The Morgan fingerprint density at radius 3 is 3.00 bits per heavy atom. The first-order valence-electron chi connectivity index (χ1n) is 4.46. The molecule has 0 aromatic carbocycles. The van der Waals surface area contributed by atoms with Gasteiger partial charge in [0.1, 0.15) is 4.88 Å². The Labute approximate surface area is 100 Å². The molecule has 2 heterocycles. The van der Waals surface area contributed by atoms with E-state index in [1.54, 1.807) is 0 Å². The molecule has 2 N–H and O–H groups in total. The lowest BCUT2D eigenvalue weighted by molar-refractivity contribution is 0.0794. The van der Waals surface area contributed by atoms with E-state index < -0.39 is 0 Å². The number of nitrogens with two attached hydrogens (primary N) is 1. The van der Waals surface area contributed by atoms with Gasteiger partial charge in [-0.15, -0.1) is 11.3 Å². The molecule has 3 nitrogen and oxygen atoms in total. The maximum atomic E-state index is 12.0. The summed E-state index contributed by atoms with van der Waals surface area (Å²) in [7, 11) is 0. The Balaban J connectivity index is 2.13. The zero-order valence-corrected chi connectivity index (χ0v) is 10.5. The van der Waals surface area contributed by atoms with Crippen molar-refractivity contribution < 1.29 is 4.79 Å². The third kappa shape index (κ3) is 1.94. The molecule has 1 amide bonds. The molecule has 5 heteroatoms. The summed E-state index contributed by atoms with van der Waals surface area (Å²) >= 11 is 3.70. The Morgan fingerprint density at radius 2 is 2.50 bits per heavy atom. The van der Waals surface area contributed by atoms with Crippen LogP contribution in [-0.4, -0.2) is 29.9 Å². The fraction of sp³-hybridized carbons (Fsp3) is 0.444. The molecule has 14 heavy (non-hydrogen) atoms. The number of amides is 1. The van der Waals surface area contributed by atoms with E-state index >= 15 is 0 Å². The summed E-state index contributed by atoms with van der Waals surface area (Å²) in [4.78, 5) is 14.6. The first kappa shape index (κ1) is 10.4. The van der Waals surface area contributed by atoms with Crippen molar-refractivity contribution in [1.29, 1.82) is 0 Å². The topological polar surface area (TPSA) is 46.3 Å². The molecule has 1 aliphatic heterocycles. The van der Waals surface area contributed by atoms with E-state index in [2.05, 4.69) is 22.6 Å². The molecule has 1 saturated heterocycles. The number of rotatable bonds is 1. The van der Waals surface area contributed by atoms with Gasteiger partial charge in [-0.2, -0.15) is 0 Å². The lowest BCUT2D eigenvalue weighted by atomic mass is 10.3. The van der Waals surface area contributed by atoms with Crippen LogP contribution in [0.5, 0.6) is 0 Å². The molecular weight excluding hydrogens is 311 g/mol. The Hall–Kier alpha value is -0.140. The average molecular weight is 322 g/mol. The van der Waals surface area contributed by atoms with Gasteiger partial charge in [-0.3, -0.25) is 4.79 Å². The predicted molar refractivity (Wildman–Crippen MR) is 65.5 cm³/mol. The van der Waals surface area contributed by atoms with E-state index in [4.69, 9.17) is 5.73 Å². The minimum atomic E-state index is 0.136. The second-order valence-corrected chi connectivity index (χ2v) is 5.48. The van der Waals surface area contributed by atoms with Gasteiger partial charge in [0.15, 0.2) is 0 Å². The Morgan fingerprint density at radius 1 is 1.71 bits per heavy atom. The number of hydrogen-bond donors (Lipinski definition) is 1. The van der Waals surface area contributed by atoms with E-state index in [-0.39, 0.29) is 11.9 Å². The minimum Gasteiger partial charge on any atom is -0.336 e. The van der Waals surface area contributed by atoms with Crippen LogP contribution in [-0.2, 0) is 0 Å². The van der Waals surface area contributed by atoms with E-state index in [9.17, 15) is 4.79 Å². The number of halogens is 1. The second-order valence-electron chi connectivity index (χ2n) is 3.40. The Bertz CT molecular complexity index is 352. The highest BCUT2D eigenvalue weighted by molar-refractivity contribution is 14.1. The SMILES string of the molecule is N[C@H]1CCN(C(=O)c2sccc2I)C1. The van der Waals surface area contributed by atoms with Crippen molar-refractivity contribution in [2.75, 3.05) is 13.1 Å². The fourth-order valence-electron chi connectivity index (χ4n) is 1.56. The predicted octanol–water partition coefficient (Wildman–Crippen LogP) is 1.53. The third-order valence-corrected chi connectivity index (χ3v) is 4.49. The van der Waals surface area contributed by atoms with Gasteiger partial charge in [0.05, 0.1) is 0 Å². The lowest BCUT2D eigenvalue weighted by Crippen LogP contribution is -2.31. The molecule has 0 spiro atoms. The van der Waals surface area contributed by atoms with Gasteiger partial charge in [0.2, 0.25) is 0 Å². The summed E-state index contributed by atoms with van der Waals surface area (Å²) in [6.07, 6.45) is 0.924. The van der Waals surface area contributed by atoms with Crippen LogP contribution in [0.4, 0.5) is 0 Å². The molecule has 0 radical (unpaired) electrons. The number of hydrogen-bond acceptors (Lipinski definition) is 3. The largest absolute Gasteiger partial charge is 0.336 e. The molecule has 1 fully saturated rings. The monoisotopic (exact) mass is 322 g/mol. The van der Waals surface area contributed by atoms with E-state index in [1.807, 2.05) is 16.3 Å². The van der Waals surface area contributed by atoms with Crippen LogP contribution in [0.3, 0.4) is 0 Å². The standard InChI is InChI=1S/C9H11IN2OS/c10-7-2-4-14-8(7)9(13)12-3-1-6(11)5-12/h2,4,6H,1,3,5,11H2/t6-/m0/s1. The molecule has 1 aliphatic rings. The summed E-state index contributed by atoms with van der Waals surface area (Å²) < 4.78 is 1.04. The molecule has 2 rings (SSSR count). The lowest BCUT2D eigenvalue weighted by Gasteiger charge is -2.14. The second kappa shape index (κ2) is 4.16. The number of likely N-dealkylation sites (tertiary alicyclic amines) is 1. The van der Waals surface area contributed by atoms with Crippen LogP contribution in [0.1, 0.15) is 16.1 Å². The van der Waals surface area contributed by atoms with Crippen molar-refractivity contribution in [2.45, 2.75) is 12.5 Å². The zero-order chi connectivity index (χ0) is 10.1. The minimum absolute atomic E-state index is 0.136. The van der Waals surface area contributed by atoms with Gasteiger partial charge in [-0.25, -0.2) is 0 Å². The molecule has 0 unspecified atom stereocenters. The van der Waals surface area contributed by atoms with E-state index in [1.165, 1.54) is 11.3 Å². The van der Waals surface area contributed by atoms with Crippen molar-refractivity contribution in [3.8, 4) is 0 Å². The van der Waals surface area contributed by atoms with Crippen molar-refractivity contribution in [3.63, 3.8) is 0 Å². The molecule has 0 aliphatic carbocycles. The maximum Gasteiger partial charge on any atom is 0.265 e. The van der Waals surface area contributed by atoms with Gasteiger partial charge < -0.3 is 10.6 Å². The van der Waals surface area contributed by atoms with Gasteiger partial charge in [-0.05, 0) is 40.5 Å². The quantitative estimate of drug-likeness (QED) is 0.797. The van der Waals surface area contributed by atoms with E-state index in [0.29, 0.717) is 6.54 Å². The van der Waals surface area contributed by atoms with E-state index in [0.717, 1.165) is 21.4 Å². The van der Waals surface area contributed by atoms with Gasteiger partial charge in [-0.1, -0.05) is 0 Å². The van der Waals surface area contributed by atoms with Crippen molar-refractivity contribution in [1.82, 2.24) is 4.90 Å². The first-order valence-corrected chi connectivity index (χ1v) is 6.42. The normalized spacial score (nSPS) is 21.6. The fourth-order valence-corrected chi connectivity index (χ4v) is 3.35. The van der Waals surface area contributed by atoms with Crippen LogP contribution in [0, 0.1) is 3.57 Å². The number of carbonyl (C=O) groups is 1. The smallest absolute Gasteiger partial charge is 0.265 e. The van der Waals surface area contributed by atoms with Crippen molar-refractivity contribution in [2.24, 2.45) is 5.73 Å². The van der Waals surface area contributed by atoms with Crippen LogP contribution in [0.2, 0.25) is 0 Å². The molecular formula is C9H11IN2OS. The highest BCUT2D eigenvalue weighted by atomic mass is 127. The van der Waals surface area contributed by atoms with Crippen LogP contribution in [0.15, 0.2) is 11.4 Å². The highest BCUT2D eigenvalue weighted by Gasteiger charge is 2.26. The van der Waals surface area contributed by atoms with Crippen LogP contribution < -0.4 is 5.73 Å². The van der Waals surface area contributed by atoms with Crippen LogP contribution >= 0.6 is 33.9 Å². The average Bonchev–Trinajstić information content (AvgIpc) is 2.73. The molecule has 76 valence electrons. The molecule has 0 bridgehead atoms. The van der Waals surface area contributed by atoms with Gasteiger partial charge >= 0.3 is 0 Å². The Kier molecular flexibility index (Phi) is 3.08. The van der Waals surface area contributed by atoms with Gasteiger partial charge in [0, 0.05) is 22.7 Å². The first-order chi connectivity index (χ1) is 6.68. The van der Waals surface area contributed by atoms with Gasteiger partial charge in [0.25, 0.3) is 5.91 Å². The number of thiophene rings is 1.